The number of rotatable bonds is 3. The standard InChI is InChI=1S/C9H18O2/c1-7(2)11-9(5,6)8(3,4)10/h10H,1H2,2-6H3. The van der Waals surface area contributed by atoms with E-state index in [0.717, 1.165) is 0 Å². The molecule has 66 valence electrons. The molecule has 0 aromatic carbocycles. The SMILES string of the molecule is C=C(C)OC(C)(C)C(C)(C)O. The summed E-state index contributed by atoms with van der Waals surface area (Å²) >= 11 is 0. The highest BCUT2D eigenvalue weighted by Gasteiger charge is 2.36. The number of ether oxygens (including phenoxy) is 1. The second-order valence-corrected chi connectivity index (χ2v) is 3.87. The molecule has 11 heavy (non-hydrogen) atoms. The zero-order chi connectivity index (χ0) is 9.28. The summed E-state index contributed by atoms with van der Waals surface area (Å²) in [6.07, 6.45) is 0. The van der Waals surface area contributed by atoms with Crippen LogP contribution in [-0.4, -0.2) is 16.3 Å². The van der Waals surface area contributed by atoms with Crippen LogP contribution in [0.15, 0.2) is 12.3 Å². The molecule has 0 aliphatic heterocycles. The van der Waals surface area contributed by atoms with E-state index < -0.39 is 11.2 Å². The van der Waals surface area contributed by atoms with Gasteiger partial charge in [0, 0.05) is 0 Å². The van der Waals surface area contributed by atoms with Crippen LogP contribution in [0, 0.1) is 0 Å². The third-order valence-electron chi connectivity index (χ3n) is 1.90. The normalized spacial score (nSPS) is 12.9. The van der Waals surface area contributed by atoms with Crippen molar-refractivity contribution in [1.29, 1.82) is 0 Å². The number of hydrogen-bond donors (Lipinski definition) is 1. The van der Waals surface area contributed by atoms with E-state index in [2.05, 4.69) is 6.58 Å². The Balaban J connectivity index is 4.34. The van der Waals surface area contributed by atoms with Gasteiger partial charge in [-0.1, -0.05) is 6.58 Å². The first-order valence-corrected chi connectivity index (χ1v) is 3.74. The highest BCUT2D eigenvalue weighted by Crippen LogP contribution is 2.26. The van der Waals surface area contributed by atoms with Gasteiger partial charge in [0.1, 0.15) is 5.60 Å². The molecule has 0 rings (SSSR count). The fourth-order valence-electron chi connectivity index (χ4n) is 0.560. The van der Waals surface area contributed by atoms with Crippen LogP contribution >= 0.6 is 0 Å². The van der Waals surface area contributed by atoms with Gasteiger partial charge in [0.05, 0.1) is 11.4 Å². The largest absolute Gasteiger partial charge is 0.490 e. The molecule has 0 heterocycles. The molecular weight excluding hydrogens is 140 g/mol. The van der Waals surface area contributed by atoms with Crippen LogP contribution in [0.1, 0.15) is 34.6 Å². The maximum Gasteiger partial charge on any atom is 0.131 e. The summed E-state index contributed by atoms with van der Waals surface area (Å²) in [5.41, 5.74) is -1.44. The predicted molar refractivity (Wildman–Crippen MR) is 46.3 cm³/mol. The molecule has 0 radical (unpaired) electrons. The van der Waals surface area contributed by atoms with Gasteiger partial charge in [-0.2, -0.15) is 0 Å². The maximum absolute atomic E-state index is 9.63. The van der Waals surface area contributed by atoms with Crippen LogP contribution in [0.5, 0.6) is 0 Å². The Labute approximate surface area is 68.9 Å². The molecule has 2 nitrogen and oxygen atoms in total. The smallest absolute Gasteiger partial charge is 0.131 e. The minimum atomic E-state index is -0.855. The Hall–Kier alpha value is -0.500. The van der Waals surface area contributed by atoms with Crippen LogP contribution in [0.25, 0.3) is 0 Å². The summed E-state index contributed by atoms with van der Waals surface area (Å²) in [4.78, 5) is 0. The summed E-state index contributed by atoms with van der Waals surface area (Å²) < 4.78 is 5.36. The van der Waals surface area contributed by atoms with E-state index in [-0.39, 0.29) is 0 Å². The van der Waals surface area contributed by atoms with Crippen molar-refractivity contribution in [3.8, 4) is 0 Å². The third-order valence-corrected chi connectivity index (χ3v) is 1.90. The molecule has 1 N–H and O–H groups in total. The average Bonchev–Trinajstić information content (AvgIpc) is 1.56. The topological polar surface area (TPSA) is 29.5 Å². The number of hydrogen-bond acceptors (Lipinski definition) is 2. The predicted octanol–water partition coefficient (Wildman–Crippen LogP) is 2.09. The van der Waals surface area contributed by atoms with E-state index in [9.17, 15) is 5.11 Å². The number of allylic oxidation sites excluding steroid dienone is 1. The lowest BCUT2D eigenvalue weighted by molar-refractivity contribution is -0.122. The lowest BCUT2D eigenvalue weighted by atomic mass is 9.89. The van der Waals surface area contributed by atoms with Crippen molar-refractivity contribution >= 4 is 0 Å². The fourth-order valence-corrected chi connectivity index (χ4v) is 0.560. The summed E-state index contributed by atoms with van der Waals surface area (Å²) in [7, 11) is 0. The van der Waals surface area contributed by atoms with Crippen molar-refractivity contribution in [2.24, 2.45) is 0 Å². The van der Waals surface area contributed by atoms with E-state index in [1.54, 1.807) is 20.8 Å². The van der Waals surface area contributed by atoms with Gasteiger partial charge in [-0.3, -0.25) is 0 Å². The Morgan fingerprint density at radius 1 is 1.27 bits per heavy atom. The van der Waals surface area contributed by atoms with Crippen LogP contribution in [0.2, 0.25) is 0 Å². The van der Waals surface area contributed by atoms with E-state index in [4.69, 9.17) is 4.74 Å². The van der Waals surface area contributed by atoms with Gasteiger partial charge >= 0.3 is 0 Å². The van der Waals surface area contributed by atoms with Gasteiger partial charge in [0.25, 0.3) is 0 Å². The van der Waals surface area contributed by atoms with Crippen LogP contribution in [0.3, 0.4) is 0 Å². The Kier molecular flexibility index (Phi) is 2.73. The average molecular weight is 158 g/mol. The van der Waals surface area contributed by atoms with Gasteiger partial charge in [-0.05, 0) is 34.6 Å². The van der Waals surface area contributed by atoms with Crippen LogP contribution in [-0.2, 0) is 4.74 Å². The number of aliphatic hydroxyl groups is 1. The molecular formula is C9H18O2. The molecule has 2 heteroatoms. The first-order valence-electron chi connectivity index (χ1n) is 3.74. The molecule has 0 saturated carbocycles. The van der Waals surface area contributed by atoms with Crippen LogP contribution < -0.4 is 0 Å². The van der Waals surface area contributed by atoms with Crippen molar-refractivity contribution in [2.75, 3.05) is 0 Å². The van der Waals surface area contributed by atoms with Crippen LogP contribution in [0.4, 0.5) is 0 Å². The molecule has 0 aromatic rings. The van der Waals surface area contributed by atoms with E-state index in [0.29, 0.717) is 5.76 Å². The highest BCUT2D eigenvalue weighted by molar-refractivity contribution is 4.92. The maximum atomic E-state index is 9.63. The molecule has 0 aromatic heterocycles. The van der Waals surface area contributed by atoms with E-state index in [1.165, 1.54) is 0 Å². The summed E-state index contributed by atoms with van der Waals surface area (Å²) in [5.74, 6) is 0.622. The van der Waals surface area contributed by atoms with Crippen molar-refractivity contribution in [2.45, 2.75) is 45.8 Å². The molecule has 0 bridgehead atoms. The minimum Gasteiger partial charge on any atom is -0.490 e. The summed E-state index contributed by atoms with van der Waals surface area (Å²) in [6, 6.07) is 0. The highest BCUT2D eigenvalue weighted by atomic mass is 16.5. The zero-order valence-electron chi connectivity index (χ0n) is 8.06. The molecule has 0 atom stereocenters. The Morgan fingerprint density at radius 3 is 1.73 bits per heavy atom. The molecule has 0 amide bonds. The van der Waals surface area contributed by atoms with Crippen molar-refractivity contribution in [3.63, 3.8) is 0 Å². The van der Waals surface area contributed by atoms with Gasteiger partial charge in [0.2, 0.25) is 0 Å². The first kappa shape index (κ1) is 10.5. The zero-order valence-corrected chi connectivity index (χ0v) is 8.06. The Morgan fingerprint density at radius 2 is 1.64 bits per heavy atom. The monoisotopic (exact) mass is 158 g/mol. The van der Waals surface area contributed by atoms with Gasteiger partial charge in [-0.25, -0.2) is 0 Å². The summed E-state index contributed by atoms with van der Waals surface area (Å²) in [6.45, 7) is 12.5. The van der Waals surface area contributed by atoms with Gasteiger partial charge in [0.15, 0.2) is 0 Å². The van der Waals surface area contributed by atoms with Crippen molar-refractivity contribution in [1.82, 2.24) is 0 Å². The van der Waals surface area contributed by atoms with Crippen molar-refractivity contribution in [3.05, 3.63) is 12.3 Å². The second-order valence-electron chi connectivity index (χ2n) is 3.87. The Bertz CT molecular complexity index is 151. The van der Waals surface area contributed by atoms with E-state index in [1.807, 2.05) is 13.8 Å². The molecule has 0 unspecified atom stereocenters. The molecule has 0 aliphatic rings. The molecule has 0 spiro atoms. The molecule has 0 fully saturated rings. The molecule has 0 saturated heterocycles. The second kappa shape index (κ2) is 2.86. The summed E-state index contributed by atoms with van der Waals surface area (Å²) in [5, 5.41) is 9.63. The minimum absolute atomic E-state index is 0.584. The lowest BCUT2D eigenvalue weighted by Crippen LogP contribution is -2.46. The first-order chi connectivity index (χ1) is 4.67. The third kappa shape index (κ3) is 2.93. The van der Waals surface area contributed by atoms with Crippen molar-refractivity contribution < 1.29 is 9.84 Å². The lowest BCUT2D eigenvalue weighted by Gasteiger charge is -2.37. The molecule has 0 aliphatic carbocycles. The quantitative estimate of drug-likeness (QED) is 0.637. The van der Waals surface area contributed by atoms with Gasteiger partial charge in [-0.15, -0.1) is 0 Å². The van der Waals surface area contributed by atoms with E-state index >= 15 is 0 Å². The fraction of sp³-hybridized carbons (Fsp3) is 0.778. The van der Waals surface area contributed by atoms with Gasteiger partial charge < -0.3 is 9.84 Å².